The van der Waals surface area contributed by atoms with Crippen molar-refractivity contribution in [2.75, 3.05) is 6.61 Å². The van der Waals surface area contributed by atoms with Gasteiger partial charge >= 0.3 is 5.97 Å². The average Bonchev–Trinajstić information content (AvgIpc) is 2.82. The number of aromatic nitrogens is 1. The standard InChI is InChI=1S/C12H9BrFNO2S/c1-2-17-12(16)10-6-18-11(15-10)7-3-4-9(14)8(13)5-7/h3-6H,2H2,1H3. The van der Waals surface area contributed by atoms with Crippen molar-refractivity contribution in [1.82, 2.24) is 4.98 Å². The number of esters is 1. The molecule has 2 rings (SSSR count). The molecular weight excluding hydrogens is 321 g/mol. The molecule has 0 unspecified atom stereocenters. The second-order valence-electron chi connectivity index (χ2n) is 3.39. The summed E-state index contributed by atoms with van der Waals surface area (Å²) in [6, 6.07) is 4.60. The van der Waals surface area contributed by atoms with Crippen LogP contribution in [0.1, 0.15) is 17.4 Å². The highest BCUT2D eigenvalue weighted by atomic mass is 79.9. The Kier molecular flexibility index (Phi) is 4.08. The van der Waals surface area contributed by atoms with Crippen molar-refractivity contribution in [3.63, 3.8) is 0 Å². The summed E-state index contributed by atoms with van der Waals surface area (Å²) in [5, 5.41) is 2.28. The first kappa shape index (κ1) is 13.2. The molecule has 0 aliphatic heterocycles. The van der Waals surface area contributed by atoms with Gasteiger partial charge in [-0.25, -0.2) is 14.2 Å². The Morgan fingerprint density at radius 3 is 3.00 bits per heavy atom. The Hall–Kier alpha value is -1.27. The van der Waals surface area contributed by atoms with Crippen molar-refractivity contribution in [3.05, 3.63) is 39.6 Å². The summed E-state index contributed by atoms with van der Waals surface area (Å²) in [4.78, 5) is 15.6. The Morgan fingerprint density at radius 1 is 1.56 bits per heavy atom. The second-order valence-corrected chi connectivity index (χ2v) is 5.10. The van der Waals surface area contributed by atoms with Crippen molar-refractivity contribution in [2.45, 2.75) is 6.92 Å². The Bertz CT molecular complexity index is 585. The van der Waals surface area contributed by atoms with Gasteiger partial charge in [0.25, 0.3) is 0 Å². The highest BCUT2D eigenvalue weighted by Crippen LogP contribution is 2.27. The lowest BCUT2D eigenvalue weighted by atomic mass is 10.2. The van der Waals surface area contributed by atoms with Gasteiger partial charge in [0.05, 0.1) is 11.1 Å². The molecule has 18 heavy (non-hydrogen) atoms. The third-order valence-electron chi connectivity index (χ3n) is 2.16. The molecule has 0 aliphatic rings. The Morgan fingerprint density at radius 2 is 2.33 bits per heavy atom. The van der Waals surface area contributed by atoms with Crippen molar-refractivity contribution in [3.8, 4) is 10.6 Å². The monoisotopic (exact) mass is 329 g/mol. The molecule has 3 nitrogen and oxygen atoms in total. The first-order valence-electron chi connectivity index (χ1n) is 5.20. The number of benzene rings is 1. The van der Waals surface area contributed by atoms with Crippen molar-refractivity contribution < 1.29 is 13.9 Å². The van der Waals surface area contributed by atoms with Gasteiger partial charge in [-0.2, -0.15) is 0 Å². The lowest BCUT2D eigenvalue weighted by Crippen LogP contribution is -2.04. The van der Waals surface area contributed by atoms with Gasteiger partial charge in [-0.05, 0) is 41.1 Å². The summed E-state index contributed by atoms with van der Waals surface area (Å²) in [7, 11) is 0. The van der Waals surface area contributed by atoms with Crippen LogP contribution in [0.25, 0.3) is 10.6 Å². The number of thiazole rings is 1. The van der Waals surface area contributed by atoms with Gasteiger partial charge < -0.3 is 4.74 Å². The molecule has 0 aliphatic carbocycles. The molecular formula is C12H9BrFNO2S. The number of halogens is 2. The minimum atomic E-state index is -0.443. The van der Waals surface area contributed by atoms with E-state index in [0.29, 0.717) is 16.1 Å². The molecule has 1 heterocycles. The van der Waals surface area contributed by atoms with Crippen LogP contribution < -0.4 is 0 Å². The molecule has 0 fully saturated rings. The fraction of sp³-hybridized carbons (Fsp3) is 0.167. The van der Waals surface area contributed by atoms with Gasteiger partial charge in [-0.1, -0.05) is 0 Å². The van der Waals surface area contributed by atoms with E-state index in [1.165, 1.54) is 17.4 Å². The maximum absolute atomic E-state index is 13.1. The van der Waals surface area contributed by atoms with Crippen LogP contribution in [0, 0.1) is 5.82 Å². The fourth-order valence-corrected chi connectivity index (χ4v) is 2.50. The summed E-state index contributed by atoms with van der Waals surface area (Å²) >= 11 is 4.43. The van der Waals surface area contributed by atoms with Crippen molar-refractivity contribution in [1.29, 1.82) is 0 Å². The zero-order valence-corrected chi connectivity index (χ0v) is 11.8. The number of carbonyl (C=O) groups excluding carboxylic acids is 1. The van der Waals surface area contributed by atoms with Gasteiger partial charge in [-0.3, -0.25) is 0 Å². The minimum Gasteiger partial charge on any atom is -0.461 e. The SMILES string of the molecule is CCOC(=O)c1csc(-c2ccc(F)c(Br)c2)n1. The van der Waals surface area contributed by atoms with E-state index in [0.717, 1.165) is 5.56 Å². The third kappa shape index (κ3) is 2.76. The molecule has 0 spiro atoms. The van der Waals surface area contributed by atoms with Crippen LogP contribution in [0.4, 0.5) is 4.39 Å². The Labute approximate surface area is 116 Å². The molecule has 0 atom stereocenters. The van der Waals surface area contributed by atoms with E-state index in [2.05, 4.69) is 20.9 Å². The zero-order valence-electron chi connectivity index (χ0n) is 9.44. The highest BCUT2D eigenvalue weighted by Gasteiger charge is 2.13. The lowest BCUT2D eigenvalue weighted by molar-refractivity contribution is 0.0520. The predicted molar refractivity (Wildman–Crippen MR) is 71.2 cm³/mol. The van der Waals surface area contributed by atoms with E-state index in [-0.39, 0.29) is 11.5 Å². The Balaban J connectivity index is 2.29. The van der Waals surface area contributed by atoms with Crippen LogP contribution in [0.5, 0.6) is 0 Å². The largest absolute Gasteiger partial charge is 0.461 e. The zero-order chi connectivity index (χ0) is 13.1. The van der Waals surface area contributed by atoms with Gasteiger partial charge in [-0.15, -0.1) is 11.3 Å². The molecule has 0 bridgehead atoms. The maximum Gasteiger partial charge on any atom is 0.357 e. The van der Waals surface area contributed by atoms with E-state index < -0.39 is 5.97 Å². The number of nitrogens with zero attached hydrogens (tertiary/aromatic N) is 1. The van der Waals surface area contributed by atoms with Crippen LogP contribution in [-0.2, 0) is 4.74 Å². The van der Waals surface area contributed by atoms with Crippen LogP contribution in [0.3, 0.4) is 0 Å². The van der Waals surface area contributed by atoms with Crippen LogP contribution >= 0.6 is 27.3 Å². The topological polar surface area (TPSA) is 39.2 Å². The molecule has 0 N–H and O–H groups in total. The lowest BCUT2D eigenvalue weighted by Gasteiger charge is -1.99. The fourth-order valence-electron chi connectivity index (χ4n) is 1.33. The molecule has 0 saturated heterocycles. The first-order chi connectivity index (χ1) is 8.61. The molecule has 6 heteroatoms. The molecule has 0 amide bonds. The maximum atomic E-state index is 13.1. The number of ether oxygens (including phenoxy) is 1. The van der Waals surface area contributed by atoms with E-state index >= 15 is 0 Å². The molecule has 1 aromatic heterocycles. The summed E-state index contributed by atoms with van der Waals surface area (Å²) in [6.45, 7) is 2.05. The predicted octanol–water partition coefficient (Wildman–Crippen LogP) is 3.89. The second kappa shape index (κ2) is 5.58. The average molecular weight is 330 g/mol. The number of hydrogen-bond donors (Lipinski definition) is 0. The van der Waals surface area contributed by atoms with Crippen LogP contribution in [0.15, 0.2) is 28.1 Å². The third-order valence-corrected chi connectivity index (χ3v) is 3.65. The molecule has 0 radical (unpaired) electrons. The smallest absolute Gasteiger partial charge is 0.357 e. The van der Waals surface area contributed by atoms with Crippen LogP contribution in [-0.4, -0.2) is 17.6 Å². The van der Waals surface area contributed by atoms with Gasteiger partial charge in [0.2, 0.25) is 0 Å². The summed E-state index contributed by atoms with van der Waals surface area (Å²) in [5.41, 5.74) is 1.03. The number of hydrogen-bond acceptors (Lipinski definition) is 4. The van der Waals surface area contributed by atoms with Crippen molar-refractivity contribution in [2.24, 2.45) is 0 Å². The normalized spacial score (nSPS) is 10.4. The van der Waals surface area contributed by atoms with Gasteiger partial charge in [0, 0.05) is 10.9 Å². The quantitative estimate of drug-likeness (QED) is 0.802. The summed E-state index contributed by atoms with van der Waals surface area (Å²) in [5.74, 6) is -0.776. The molecule has 1 aromatic carbocycles. The van der Waals surface area contributed by atoms with Gasteiger partial charge in [0.1, 0.15) is 10.8 Å². The van der Waals surface area contributed by atoms with Crippen LogP contribution in [0.2, 0.25) is 0 Å². The summed E-state index contributed by atoms with van der Waals surface area (Å²) < 4.78 is 18.3. The summed E-state index contributed by atoms with van der Waals surface area (Å²) in [6.07, 6.45) is 0. The highest BCUT2D eigenvalue weighted by molar-refractivity contribution is 9.10. The van der Waals surface area contributed by atoms with Crippen molar-refractivity contribution >= 4 is 33.2 Å². The first-order valence-corrected chi connectivity index (χ1v) is 6.87. The van der Waals surface area contributed by atoms with E-state index in [4.69, 9.17) is 4.74 Å². The number of carbonyl (C=O) groups is 1. The minimum absolute atomic E-state index is 0.275. The molecule has 2 aromatic rings. The molecule has 94 valence electrons. The van der Waals surface area contributed by atoms with Gasteiger partial charge in [0.15, 0.2) is 5.69 Å². The van der Waals surface area contributed by atoms with E-state index in [1.54, 1.807) is 24.4 Å². The molecule has 0 saturated carbocycles. The number of rotatable bonds is 3. The van der Waals surface area contributed by atoms with E-state index in [1.807, 2.05) is 0 Å². The van der Waals surface area contributed by atoms with E-state index in [9.17, 15) is 9.18 Å².